The van der Waals surface area contributed by atoms with Crippen molar-refractivity contribution in [2.24, 2.45) is 0 Å². The Kier molecular flexibility index (Phi) is 2.36. The van der Waals surface area contributed by atoms with Gasteiger partial charge >= 0.3 is 0 Å². The molecule has 0 saturated heterocycles. The third-order valence-electron chi connectivity index (χ3n) is 0.710. The average Bonchev–Trinajstić information content (AvgIpc) is 1.86. The summed E-state index contributed by atoms with van der Waals surface area (Å²) in [6.07, 6.45) is 1.40. The van der Waals surface area contributed by atoms with Gasteiger partial charge in [0.2, 0.25) is 0 Å². The van der Waals surface area contributed by atoms with Crippen LogP contribution in [-0.4, -0.2) is 12.4 Å². The molecule has 1 unspecified atom stereocenters. The van der Waals surface area contributed by atoms with E-state index in [-0.39, 0.29) is 0 Å². The van der Waals surface area contributed by atoms with E-state index in [4.69, 9.17) is 0 Å². The zero-order chi connectivity index (χ0) is 4.41. The minimum atomic E-state index is 0.569. The average molecular weight is 308 g/mol. The van der Waals surface area contributed by atoms with Gasteiger partial charge in [0.1, 0.15) is 0 Å². The molecular weight excluding hydrogens is 302 g/mol. The number of halogens is 2. The summed E-state index contributed by atoms with van der Waals surface area (Å²) in [4.78, 5) is 0. The Labute approximate surface area is 61.6 Å². The molecule has 0 aromatic carbocycles. The highest BCUT2D eigenvalue weighted by Gasteiger charge is 2.02. The summed E-state index contributed by atoms with van der Waals surface area (Å²) in [7, 11) is 0. The van der Waals surface area contributed by atoms with Gasteiger partial charge in [-0.2, -0.15) is 0 Å². The van der Waals surface area contributed by atoms with Gasteiger partial charge in [-0.25, -0.2) is 0 Å². The smallest absolute Gasteiger partial charge is 0.0234 e. The van der Waals surface area contributed by atoms with Crippen LogP contribution in [0.4, 0.5) is 0 Å². The van der Waals surface area contributed by atoms with E-state index in [1.54, 1.807) is 0 Å². The van der Waals surface area contributed by atoms with Crippen LogP contribution in [0.5, 0.6) is 0 Å². The Hall–Kier alpha value is 1.33. The van der Waals surface area contributed by atoms with Crippen molar-refractivity contribution in [3.05, 3.63) is 0 Å². The summed E-state index contributed by atoms with van der Waals surface area (Å²) in [5.74, 6) is 0. The van der Waals surface area contributed by atoms with E-state index in [0.717, 1.165) is 3.92 Å². The SMILES string of the molecule is IC1CC=IC1. The van der Waals surface area contributed by atoms with E-state index >= 15 is 0 Å². The molecule has 0 N–H and O–H groups in total. The molecule has 0 amide bonds. The van der Waals surface area contributed by atoms with Crippen molar-refractivity contribution in [3.63, 3.8) is 0 Å². The molecule has 0 bridgehead atoms. The highest BCUT2D eigenvalue weighted by molar-refractivity contribution is 14.2. The van der Waals surface area contributed by atoms with E-state index in [2.05, 4.69) is 26.6 Å². The number of hydrogen-bond acceptors (Lipinski definition) is 0. The molecule has 1 heterocycles. The molecule has 2 heteroatoms. The maximum absolute atomic E-state index is 2.53. The molecule has 1 aliphatic heterocycles. The van der Waals surface area contributed by atoms with Crippen molar-refractivity contribution < 1.29 is 0 Å². The zero-order valence-corrected chi connectivity index (χ0v) is 7.64. The molecule has 0 aromatic rings. The second-order valence-corrected chi connectivity index (χ2v) is 5.70. The van der Waals surface area contributed by atoms with Gasteiger partial charge in [0.25, 0.3) is 0 Å². The lowest BCUT2D eigenvalue weighted by atomic mass is 10.4. The van der Waals surface area contributed by atoms with Crippen LogP contribution in [0.3, 0.4) is 0 Å². The fourth-order valence-electron chi connectivity index (χ4n) is 0.382. The summed E-state index contributed by atoms with van der Waals surface area (Å²) in [6.45, 7) is 0. The van der Waals surface area contributed by atoms with Crippen LogP contribution < -0.4 is 0 Å². The molecule has 6 heavy (non-hydrogen) atoms. The molecule has 0 nitrogen and oxygen atoms in total. The highest BCUT2D eigenvalue weighted by atomic mass is 127. The molecule has 1 atom stereocenters. The van der Waals surface area contributed by atoms with Crippen molar-refractivity contribution in [2.75, 3.05) is 4.43 Å². The first kappa shape index (κ1) is 5.47. The highest BCUT2D eigenvalue weighted by Crippen LogP contribution is 2.18. The minimum Gasteiger partial charge on any atom is -0.126 e. The van der Waals surface area contributed by atoms with Crippen molar-refractivity contribution in [3.8, 4) is 0 Å². The summed E-state index contributed by atoms with van der Waals surface area (Å²) >= 11 is 3.10. The molecule has 36 valence electrons. The van der Waals surface area contributed by atoms with Gasteiger partial charge in [0, 0.05) is 8.35 Å². The predicted molar refractivity (Wildman–Crippen MR) is 47.4 cm³/mol. The van der Waals surface area contributed by atoms with Crippen LogP contribution in [-0.2, 0) is 0 Å². The van der Waals surface area contributed by atoms with E-state index < -0.39 is 0 Å². The fraction of sp³-hybridized carbons (Fsp3) is 0.750. The minimum absolute atomic E-state index is 0.569. The van der Waals surface area contributed by atoms with E-state index in [1.165, 1.54) is 10.8 Å². The summed E-state index contributed by atoms with van der Waals surface area (Å²) in [6, 6.07) is 0. The normalized spacial score (nSPS) is 33.2. The van der Waals surface area contributed by atoms with Crippen LogP contribution in [0.25, 0.3) is 0 Å². The molecule has 0 fully saturated rings. The van der Waals surface area contributed by atoms with Crippen LogP contribution >= 0.6 is 43.3 Å². The monoisotopic (exact) mass is 308 g/mol. The zero-order valence-electron chi connectivity index (χ0n) is 3.32. The number of rotatable bonds is 0. The second-order valence-electron chi connectivity index (χ2n) is 1.30. The van der Waals surface area contributed by atoms with Crippen LogP contribution in [0.1, 0.15) is 6.42 Å². The summed E-state index contributed by atoms with van der Waals surface area (Å²) < 4.78 is 5.02. The van der Waals surface area contributed by atoms with Gasteiger partial charge in [0.05, 0.1) is 0 Å². The Morgan fingerprint density at radius 2 is 2.67 bits per heavy atom. The molecule has 0 saturated carbocycles. The maximum Gasteiger partial charge on any atom is 0.0234 e. The maximum atomic E-state index is 2.53. The molecule has 0 aliphatic carbocycles. The molecule has 0 spiro atoms. The van der Waals surface area contributed by atoms with Crippen molar-refractivity contribution in [2.45, 2.75) is 10.3 Å². The summed E-state index contributed by atoms with van der Waals surface area (Å²) in [5, 5.41) is 0. The van der Waals surface area contributed by atoms with Crippen LogP contribution in [0, 0.1) is 0 Å². The first-order valence-electron chi connectivity index (χ1n) is 1.93. The lowest BCUT2D eigenvalue weighted by Gasteiger charge is -1.88. The third-order valence-corrected chi connectivity index (χ3v) is 6.05. The summed E-state index contributed by atoms with van der Waals surface area (Å²) in [5.41, 5.74) is 0. The largest absolute Gasteiger partial charge is 0.126 e. The van der Waals surface area contributed by atoms with Crippen molar-refractivity contribution >= 4 is 47.3 Å². The van der Waals surface area contributed by atoms with Gasteiger partial charge < -0.3 is 0 Å². The fourth-order valence-corrected chi connectivity index (χ4v) is 5.14. The van der Waals surface area contributed by atoms with Gasteiger partial charge in [-0.15, -0.1) is 20.7 Å². The Balaban J connectivity index is 2.32. The van der Waals surface area contributed by atoms with Gasteiger partial charge in [0.15, 0.2) is 0 Å². The first-order chi connectivity index (χ1) is 2.89. The van der Waals surface area contributed by atoms with Crippen LogP contribution in [0.15, 0.2) is 0 Å². The van der Waals surface area contributed by atoms with Gasteiger partial charge in [-0.05, 0) is 6.42 Å². The Bertz CT molecular complexity index is 59.9. The van der Waals surface area contributed by atoms with Crippen molar-refractivity contribution in [1.29, 1.82) is 0 Å². The Morgan fingerprint density at radius 3 is 2.83 bits per heavy atom. The van der Waals surface area contributed by atoms with E-state index in [9.17, 15) is 0 Å². The molecular formula is C4H6I2. The lowest BCUT2D eigenvalue weighted by molar-refractivity contribution is 1.13. The Morgan fingerprint density at radius 1 is 1.83 bits per heavy atom. The van der Waals surface area contributed by atoms with Crippen molar-refractivity contribution in [1.82, 2.24) is 0 Å². The van der Waals surface area contributed by atoms with Crippen LogP contribution in [0.2, 0.25) is 0 Å². The quantitative estimate of drug-likeness (QED) is 0.474. The molecule has 0 radical (unpaired) electrons. The topological polar surface area (TPSA) is 0 Å². The number of alkyl halides is 2. The standard InChI is InChI=1S/C4H6I2/c5-4-1-2-6-3-4/h2,4H,1,3H2. The lowest BCUT2D eigenvalue weighted by Crippen LogP contribution is -1.90. The van der Waals surface area contributed by atoms with Gasteiger partial charge in [-0.1, -0.05) is 26.6 Å². The molecule has 1 rings (SSSR count). The van der Waals surface area contributed by atoms with Gasteiger partial charge in [-0.3, -0.25) is 0 Å². The predicted octanol–water partition coefficient (Wildman–Crippen LogP) is 1.97. The van der Waals surface area contributed by atoms with E-state index in [0.29, 0.717) is 20.7 Å². The first-order valence-corrected chi connectivity index (χ1v) is 5.95. The second kappa shape index (κ2) is 2.59. The molecule has 1 aliphatic rings. The van der Waals surface area contributed by atoms with E-state index in [1.807, 2.05) is 0 Å². The third kappa shape index (κ3) is 1.44. The molecule has 0 aromatic heterocycles. The number of hydrogen-bond donors (Lipinski definition) is 0.